The third-order valence-corrected chi connectivity index (χ3v) is 7.99. The van der Waals surface area contributed by atoms with Crippen LogP contribution in [0.1, 0.15) is 11.1 Å². The number of nitrogens with zero attached hydrogens (tertiary/aromatic N) is 5. The van der Waals surface area contributed by atoms with Crippen LogP contribution in [0.4, 0.5) is 0 Å². The summed E-state index contributed by atoms with van der Waals surface area (Å²) < 4.78 is 4.31. The fourth-order valence-corrected chi connectivity index (χ4v) is 5.47. The Morgan fingerprint density at radius 2 is 0.907 bits per heavy atom. The maximum atomic E-state index is 6.06. The molecule has 0 aliphatic carbocycles. The lowest BCUT2D eigenvalue weighted by Gasteiger charge is -2.07. The quantitative estimate of drug-likeness (QED) is 0.176. The summed E-state index contributed by atoms with van der Waals surface area (Å²) in [6.45, 7) is 1.53. The molecule has 0 spiro atoms. The predicted molar refractivity (Wildman–Crippen MR) is 171 cm³/mol. The lowest BCUT2D eigenvalue weighted by Crippen LogP contribution is -2.33. The van der Waals surface area contributed by atoms with Gasteiger partial charge in [-0.15, -0.1) is 10.2 Å². The van der Waals surface area contributed by atoms with Gasteiger partial charge in [0.15, 0.2) is 37.9 Å². The number of benzene rings is 4. The van der Waals surface area contributed by atoms with Crippen molar-refractivity contribution in [3.8, 4) is 27.9 Å². The number of fused-ring (bicyclic) bond motifs is 1. The summed E-state index contributed by atoms with van der Waals surface area (Å²) in [6.07, 6.45) is 8.40. The second-order valence-corrected chi connectivity index (χ2v) is 11.3. The van der Waals surface area contributed by atoms with Gasteiger partial charge in [-0.05, 0) is 47.5 Å². The van der Waals surface area contributed by atoms with Gasteiger partial charge in [0.1, 0.15) is 11.0 Å². The van der Waals surface area contributed by atoms with E-state index < -0.39 is 0 Å². The van der Waals surface area contributed by atoms with E-state index in [1.807, 2.05) is 54.6 Å². The van der Waals surface area contributed by atoms with Crippen molar-refractivity contribution in [2.75, 3.05) is 0 Å². The molecule has 0 fully saturated rings. The first kappa shape index (κ1) is 27.0. The van der Waals surface area contributed by atoms with Crippen molar-refractivity contribution >= 4 is 34.2 Å². The molecule has 0 unspecified atom stereocenters. The average Bonchev–Trinajstić information content (AvgIpc) is 3.50. The lowest BCUT2D eigenvalue weighted by atomic mass is 9.99. The number of rotatable bonds is 7. The van der Waals surface area contributed by atoms with E-state index in [1.54, 1.807) is 4.80 Å². The maximum absolute atomic E-state index is 6.06. The molecule has 3 aromatic heterocycles. The minimum atomic E-state index is 0.743. The zero-order valence-electron chi connectivity index (χ0n) is 23.2. The topological polar surface area (TPSA) is 38.5 Å². The van der Waals surface area contributed by atoms with Crippen LogP contribution in [0.25, 0.3) is 39.0 Å². The van der Waals surface area contributed by atoms with Crippen LogP contribution < -0.4 is 9.13 Å². The molecule has 0 aliphatic heterocycles. The third-order valence-electron chi connectivity index (χ3n) is 7.49. The van der Waals surface area contributed by atoms with Crippen LogP contribution in [-0.4, -0.2) is 15.0 Å². The molecule has 0 saturated heterocycles. The van der Waals surface area contributed by atoms with E-state index in [0.29, 0.717) is 0 Å². The van der Waals surface area contributed by atoms with Gasteiger partial charge >= 0.3 is 0 Å². The minimum Gasteiger partial charge on any atom is -0.201 e. The molecule has 7 aromatic rings. The van der Waals surface area contributed by atoms with Crippen molar-refractivity contribution < 1.29 is 9.13 Å². The van der Waals surface area contributed by atoms with Crippen molar-refractivity contribution in [2.24, 2.45) is 0 Å². The molecule has 0 saturated carbocycles. The van der Waals surface area contributed by atoms with E-state index >= 15 is 0 Å². The fourth-order valence-electron chi connectivity index (χ4n) is 5.22. The molecule has 3 heterocycles. The molecule has 208 valence electrons. The summed E-state index contributed by atoms with van der Waals surface area (Å²) in [7, 11) is 0. The molecule has 0 aliphatic rings. The van der Waals surface area contributed by atoms with Crippen molar-refractivity contribution in [1.29, 1.82) is 0 Å². The van der Waals surface area contributed by atoms with Gasteiger partial charge in [0, 0.05) is 56.6 Å². The molecule has 4 aromatic carbocycles. The first-order valence-electron chi connectivity index (χ1n) is 14.0. The van der Waals surface area contributed by atoms with Gasteiger partial charge in [0.2, 0.25) is 0 Å². The molecule has 0 bridgehead atoms. The summed E-state index contributed by atoms with van der Waals surface area (Å²) in [6, 6.07) is 38.8. The first-order valence-corrected chi connectivity index (χ1v) is 14.8. The zero-order valence-corrected chi connectivity index (χ0v) is 24.7. The molecular weight excluding hydrogens is 573 g/mol. The average molecular weight is 601 g/mol. The summed E-state index contributed by atoms with van der Waals surface area (Å²) >= 11 is 12.1. The van der Waals surface area contributed by atoms with Crippen LogP contribution in [0, 0.1) is 0 Å². The SMILES string of the molecule is Clc1ccc(C[n+]2ccc(-c3ccc(-c4cc[n+](Cc5ccc(Cl)cc5)cc4)c4nn(-c5ccccc5)nc34)cc2)cc1. The van der Waals surface area contributed by atoms with E-state index in [1.165, 1.54) is 11.1 Å². The fraction of sp³-hybridized carbons (Fsp3) is 0.0556. The van der Waals surface area contributed by atoms with Gasteiger partial charge in [0.25, 0.3) is 0 Å². The Morgan fingerprint density at radius 1 is 0.488 bits per heavy atom. The summed E-state index contributed by atoms with van der Waals surface area (Å²) in [4.78, 5) is 1.73. The van der Waals surface area contributed by atoms with Gasteiger partial charge in [-0.3, -0.25) is 0 Å². The molecular formula is C36H27Cl2N5+2. The van der Waals surface area contributed by atoms with Crippen molar-refractivity contribution in [2.45, 2.75) is 13.1 Å². The van der Waals surface area contributed by atoms with Crippen LogP contribution in [0.3, 0.4) is 0 Å². The van der Waals surface area contributed by atoms with E-state index in [0.717, 1.165) is 62.1 Å². The highest BCUT2D eigenvalue weighted by molar-refractivity contribution is 6.30. The number of aromatic nitrogens is 5. The Morgan fingerprint density at radius 3 is 1.33 bits per heavy atom. The molecule has 7 rings (SSSR count). The van der Waals surface area contributed by atoms with E-state index in [2.05, 4.69) is 94.6 Å². The first-order chi connectivity index (χ1) is 21.1. The normalized spacial score (nSPS) is 11.2. The molecule has 43 heavy (non-hydrogen) atoms. The van der Waals surface area contributed by atoms with Gasteiger partial charge in [-0.2, -0.15) is 4.80 Å². The highest BCUT2D eigenvalue weighted by Gasteiger charge is 2.18. The van der Waals surface area contributed by atoms with Crippen LogP contribution in [-0.2, 0) is 13.1 Å². The van der Waals surface area contributed by atoms with Gasteiger partial charge in [-0.25, -0.2) is 9.13 Å². The number of halogens is 2. The second-order valence-electron chi connectivity index (χ2n) is 10.5. The summed E-state index contributed by atoms with van der Waals surface area (Å²) in [5, 5.41) is 11.5. The Hall–Kier alpha value is -4.84. The Kier molecular flexibility index (Phi) is 7.42. The van der Waals surface area contributed by atoms with Crippen molar-refractivity contribution in [3.63, 3.8) is 0 Å². The smallest absolute Gasteiger partial charge is 0.173 e. The van der Waals surface area contributed by atoms with E-state index in [9.17, 15) is 0 Å². The molecule has 0 amide bonds. The van der Waals surface area contributed by atoms with Crippen LogP contribution in [0.5, 0.6) is 0 Å². The Labute approximate surface area is 259 Å². The third kappa shape index (κ3) is 5.91. The molecule has 0 N–H and O–H groups in total. The second kappa shape index (κ2) is 11.8. The molecule has 0 radical (unpaired) electrons. The number of hydrogen-bond donors (Lipinski definition) is 0. The van der Waals surface area contributed by atoms with Gasteiger partial charge < -0.3 is 0 Å². The molecule has 7 heteroatoms. The number of hydrogen-bond acceptors (Lipinski definition) is 2. The Bertz CT molecular complexity index is 1870. The lowest BCUT2D eigenvalue weighted by molar-refractivity contribution is -0.688. The van der Waals surface area contributed by atoms with Crippen LogP contribution >= 0.6 is 23.2 Å². The number of para-hydroxylation sites is 1. The number of pyridine rings is 2. The standard InChI is InChI=1S/C36H27Cl2N5/c37-30-10-6-26(7-11-30)24-41-20-16-28(17-21-41)33-14-15-34(36-35(33)39-43(40-36)32-4-2-1-3-5-32)29-18-22-42(23-19-29)25-27-8-12-31(38)13-9-27/h1-23H,24-25H2/q+2. The monoisotopic (exact) mass is 599 g/mol. The van der Waals surface area contributed by atoms with Gasteiger partial charge in [-0.1, -0.05) is 77.8 Å². The summed E-state index contributed by atoms with van der Waals surface area (Å²) in [5.41, 5.74) is 9.24. The largest absolute Gasteiger partial charge is 0.201 e. The maximum Gasteiger partial charge on any atom is 0.173 e. The minimum absolute atomic E-state index is 0.743. The Balaban J connectivity index is 1.24. The van der Waals surface area contributed by atoms with Crippen LogP contribution in [0.15, 0.2) is 140 Å². The zero-order chi connectivity index (χ0) is 29.2. The predicted octanol–water partition coefficient (Wildman–Crippen LogP) is 7.73. The highest BCUT2D eigenvalue weighted by Crippen LogP contribution is 2.33. The van der Waals surface area contributed by atoms with Crippen molar-refractivity contribution in [3.05, 3.63) is 161 Å². The summed E-state index contributed by atoms with van der Waals surface area (Å²) in [5.74, 6) is 0. The molecule has 0 atom stereocenters. The van der Waals surface area contributed by atoms with Crippen LogP contribution in [0.2, 0.25) is 10.0 Å². The van der Waals surface area contributed by atoms with Gasteiger partial charge in [0.05, 0.1) is 5.69 Å². The highest BCUT2D eigenvalue weighted by atomic mass is 35.5. The van der Waals surface area contributed by atoms with E-state index in [-0.39, 0.29) is 0 Å². The van der Waals surface area contributed by atoms with Crippen molar-refractivity contribution in [1.82, 2.24) is 15.0 Å². The van der Waals surface area contributed by atoms with E-state index in [4.69, 9.17) is 33.4 Å². The molecule has 5 nitrogen and oxygen atoms in total.